The number of piperidine rings is 1. The number of hydrogen-bond acceptors (Lipinski definition) is 5. The molecule has 6 heteroatoms. The van der Waals surface area contributed by atoms with Gasteiger partial charge < -0.3 is 15.1 Å². The fourth-order valence-corrected chi connectivity index (χ4v) is 3.27. The molecule has 0 aliphatic carbocycles. The van der Waals surface area contributed by atoms with Gasteiger partial charge in [0.15, 0.2) is 0 Å². The maximum atomic E-state index is 10.9. The predicted molar refractivity (Wildman–Crippen MR) is 87.4 cm³/mol. The zero-order valence-electron chi connectivity index (χ0n) is 12.4. The van der Waals surface area contributed by atoms with Crippen molar-refractivity contribution in [2.24, 2.45) is 0 Å². The van der Waals surface area contributed by atoms with Crippen molar-refractivity contribution in [3.05, 3.63) is 52.7 Å². The van der Waals surface area contributed by atoms with Crippen LogP contribution in [0.2, 0.25) is 5.02 Å². The lowest BCUT2D eigenvalue weighted by Crippen LogP contribution is -2.43. The van der Waals surface area contributed by atoms with E-state index in [9.17, 15) is 10.2 Å². The maximum Gasteiger partial charge on any atom is 0.129 e. The number of pyridine rings is 1. The summed E-state index contributed by atoms with van der Waals surface area (Å²) < 4.78 is 0. The smallest absolute Gasteiger partial charge is 0.129 e. The van der Waals surface area contributed by atoms with Gasteiger partial charge in [-0.25, -0.2) is 4.98 Å². The molecule has 1 aliphatic heterocycles. The largest absolute Gasteiger partial charge is 0.508 e. The summed E-state index contributed by atoms with van der Waals surface area (Å²) in [5.74, 6) is 0.820. The van der Waals surface area contributed by atoms with Crippen molar-refractivity contribution < 1.29 is 10.2 Å². The maximum absolute atomic E-state index is 10.9. The first-order valence-electron chi connectivity index (χ1n) is 7.34. The highest BCUT2D eigenvalue weighted by atomic mass is 35.5. The summed E-state index contributed by atoms with van der Waals surface area (Å²) in [6, 6.07) is 10.2. The van der Waals surface area contributed by atoms with E-state index in [-0.39, 0.29) is 5.75 Å². The number of aromatic nitrogens is 1. The van der Waals surface area contributed by atoms with Crippen LogP contribution in [-0.4, -0.2) is 28.3 Å². The Balaban J connectivity index is 1.78. The average Bonchev–Trinajstić information content (AvgIpc) is 2.55. The standard InChI is InChI=1S/C17H16ClN3O2/c18-15-10-13(22)1-2-14(15)17(23)4-7-21(8-5-17)16-9-12(11-19)3-6-20-16/h1-3,6,9-10,22-23H,4-5,7-8H2. The minimum Gasteiger partial charge on any atom is -0.508 e. The third-order valence-corrected chi connectivity index (χ3v) is 4.56. The van der Waals surface area contributed by atoms with Gasteiger partial charge in [-0.3, -0.25) is 0 Å². The Morgan fingerprint density at radius 1 is 1.22 bits per heavy atom. The number of rotatable bonds is 2. The Hall–Kier alpha value is -2.29. The van der Waals surface area contributed by atoms with Crippen molar-refractivity contribution in [2.45, 2.75) is 18.4 Å². The van der Waals surface area contributed by atoms with Crippen LogP contribution in [0, 0.1) is 11.3 Å². The number of aromatic hydroxyl groups is 1. The third-order valence-electron chi connectivity index (χ3n) is 4.24. The van der Waals surface area contributed by atoms with Gasteiger partial charge in [0.2, 0.25) is 0 Å². The van der Waals surface area contributed by atoms with Crippen LogP contribution in [0.5, 0.6) is 5.75 Å². The number of aliphatic hydroxyl groups is 1. The Kier molecular flexibility index (Phi) is 4.12. The Morgan fingerprint density at radius 2 is 1.96 bits per heavy atom. The molecule has 118 valence electrons. The molecule has 5 nitrogen and oxygen atoms in total. The highest BCUT2D eigenvalue weighted by molar-refractivity contribution is 6.31. The SMILES string of the molecule is N#Cc1ccnc(N2CCC(O)(c3ccc(O)cc3Cl)CC2)c1. The van der Waals surface area contributed by atoms with E-state index in [0.717, 1.165) is 5.82 Å². The number of phenolic OH excluding ortho intramolecular Hbond substituents is 1. The summed E-state index contributed by atoms with van der Waals surface area (Å²) >= 11 is 6.16. The Morgan fingerprint density at radius 3 is 2.61 bits per heavy atom. The molecular weight excluding hydrogens is 314 g/mol. The van der Waals surface area contributed by atoms with Gasteiger partial charge in [0.25, 0.3) is 0 Å². The van der Waals surface area contributed by atoms with Crippen LogP contribution in [0.15, 0.2) is 36.5 Å². The highest BCUT2D eigenvalue weighted by Gasteiger charge is 2.36. The van der Waals surface area contributed by atoms with E-state index in [4.69, 9.17) is 16.9 Å². The first kappa shape index (κ1) is 15.6. The molecule has 0 amide bonds. The number of anilines is 1. The molecule has 2 aromatic rings. The Bertz CT molecular complexity index is 765. The van der Waals surface area contributed by atoms with E-state index in [1.54, 1.807) is 24.4 Å². The van der Waals surface area contributed by atoms with E-state index in [0.29, 0.717) is 42.1 Å². The van der Waals surface area contributed by atoms with Crippen LogP contribution >= 0.6 is 11.6 Å². The van der Waals surface area contributed by atoms with Crippen molar-refractivity contribution >= 4 is 17.4 Å². The molecule has 2 N–H and O–H groups in total. The van der Waals surface area contributed by atoms with Crippen molar-refractivity contribution in [1.82, 2.24) is 4.98 Å². The van der Waals surface area contributed by atoms with Gasteiger partial charge in [-0.1, -0.05) is 17.7 Å². The summed E-state index contributed by atoms with van der Waals surface area (Å²) in [5, 5.41) is 29.7. The lowest BCUT2D eigenvalue weighted by Gasteiger charge is -2.39. The van der Waals surface area contributed by atoms with Crippen molar-refractivity contribution in [1.29, 1.82) is 5.26 Å². The molecule has 0 unspecified atom stereocenters. The van der Waals surface area contributed by atoms with Crippen molar-refractivity contribution in [2.75, 3.05) is 18.0 Å². The molecular formula is C17H16ClN3O2. The number of benzene rings is 1. The van der Waals surface area contributed by atoms with Gasteiger partial charge in [-0.05, 0) is 37.1 Å². The summed E-state index contributed by atoms with van der Waals surface area (Å²) in [6.45, 7) is 1.21. The first-order valence-corrected chi connectivity index (χ1v) is 7.72. The number of hydrogen-bond donors (Lipinski definition) is 2. The zero-order chi connectivity index (χ0) is 16.4. The van der Waals surface area contributed by atoms with Crippen LogP contribution in [0.25, 0.3) is 0 Å². The second kappa shape index (κ2) is 6.07. The van der Waals surface area contributed by atoms with E-state index >= 15 is 0 Å². The van der Waals surface area contributed by atoms with Crippen molar-refractivity contribution in [3.8, 4) is 11.8 Å². The van der Waals surface area contributed by atoms with E-state index in [1.807, 2.05) is 4.90 Å². The molecule has 1 aromatic carbocycles. The normalized spacial score (nSPS) is 16.8. The molecule has 3 rings (SSSR count). The van der Waals surface area contributed by atoms with Crippen LogP contribution in [0.1, 0.15) is 24.0 Å². The molecule has 0 bridgehead atoms. The zero-order valence-corrected chi connectivity index (χ0v) is 13.2. The molecule has 2 heterocycles. The molecule has 1 aliphatic rings. The minimum atomic E-state index is -1.02. The number of phenols is 1. The highest BCUT2D eigenvalue weighted by Crippen LogP contribution is 2.38. The summed E-state index contributed by atoms with van der Waals surface area (Å²) in [6.07, 6.45) is 2.61. The van der Waals surface area contributed by atoms with Gasteiger partial charge in [-0.2, -0.15) is 5.26 Å². The average molecular weight is 330 g/mol. The van der Waals surface area contributed by atoms with Gasteiger partial charge in [0.1, 0.15) is 11.6 Å². The molecule has 1 aromatic heterocycles. The van der Waals surface area contributed by atoms with Crippen LogP contribution in [0.4, 0.5) is 5.82 Å². The van der Waals surface area contributed by atoms with E-state index in [2.05, 4.69) is 11.1 Å². The predicted octanol–water partition coefficient (Wildman–Crippen LogP) is 2.80. The van der Waals surface area contributed by atoms with Gasteiger partial charge in [0.05, 0.1) is 22.3 Å². The lowest BCUT2D eigenvalue weighted by molar-refractivity contribution is 0.0117. The summed E-state index contributed by atoms with van der Waals surface area (Å²) in [7, 11) is 0. The Labute approximate surface area is 139 Å². The molecule has 23 heavy (non-hydrogen) atoms. The molecule has 0 atom stereocenters. The third kappa shape index (κ3) is 3.09. The molecule has 1 fully saturated rings. The van der Waals surface area contributed by atoms with E-state index < -0.39 is 5.60 Å². The van der Waals surface area contributed by atoms with Crippen LogP contribution in [-0.2, 0) is 5.60 Å². The fraction of sp³-hybridized carbons (Fsp3) is 0.294. The second-order valence-electron chi connectivity index (χ2n) is 5.70. The van der Waals surface area contributed by atoms with Crippen molar-refractivity contribution in [3.63, 3.8) is 0 Å². The number of halogens is 1. The topological polar surface area (TPSA) is 80.4 Å². The lowest BCUT2D eigenvalue weighted by atomic mass is 9.84. The van der Waals surface area contributed by atoms with E-state index in [1.165, 1.54) is 12.1 Å². The fourth-order valence-electron chi connectivity index (χ4n) is 2.92. The van der Waals surface area contributed by atoms with Crippen LogP contribution in [0.3, 0.4) is 0 Å². The van der Waals surface area contributed by atoms with Gasteiger partial charge >= 0.3 is 0 Å². The monoisotopic (exact) mass is 329 g/mol. The van der Waals surface area contributed by atoms with Gasteiger partial charge in [-0.15, -0.1) is 0 Å². The number of nitriles is 1. The molecule has 1 saturated heterocycles. The van der Waals surface area contributed by atoms with Crippen LogP contribution < -0.4 is 4.90 Å². The number of nitrogens with zero attached hydrogens (tertiary/aromatic N) is 3. The minimum absolute atomic E-state index is 0.0808. The molecule has 0 radical (unpaired) electrons. The summed E-state index contributed by atoms with van der Waals surface area (Å²) in [4.78, 5) is 6.34. The molecule has 0 saturated carbocycles. The quantitative estimate of drug-likeness (QED) is 0.885. The van der Waals surface area contributed by atoms with Gasteiger partial charge in [0, 0.05) is 24.8 Å². The molecule has 0 spiro atoms. The second-order valence-corrected chi connectivity index (χ2v) is 6.10. The first-order chi connectivity index (χ1) is 11.0. The summed E-state index contributed by atoms with van der Waals surface area (Å²) in [5.41, 5.74) is 0.182.